The van der Waals surface area contributed by atoms with E-state index >= 15 is 0 Å². The molecule has 6 heteroatoms. The van der Waals surface area contributed by atoms with Crippen molar-refractivity contribution in [3.63, 3.8) is 0 Å². The lowest BCUT2D eigenvalue weighted by Crippen LogP contribution is -2.34. The normalized spacial score (nSPS) is 10.1. The van der Waals surface area contributed by atoms with Crippen LogP contribution >= 0.6 is 11.6 Å². The fourth-order valence-corrected chi connectivity index (χ4v) is 1.81. The van der Waals surface area contributed by atoms with Gasteiger partial charge in [0, 0.05) is 17.8 Å². The Labute approximate surface area is 133 Å². The Kier molecular flexibility index (Phi) is 5.61. The molecule has 0 fully saturated rings. The first-order valence-corrected chi connectivity index (χ1v) is 7.08. The maximum atomic E-state index is 12.7. The second-order valence-corrected chi connectivity index (χ2v) is 5.10. The van der Waals surface area contributed by atoms with Crippen molar-refractivity contribution in [2.45, 2.75) is 0 Å². The molecule has 0 aromatic heterocycles. The molecule has 2 aromatic rings. The van der Waals surface area contributed by atoms with Gasteiger partial charge in [0.15, 0.2) is 0 Å². The minimum Gasteiger partial charge on any atom is -0.492 e. The van der Waals surface area contributed by atoms with Gasteiger partial charge in [-0.3, -0.25) is 0 Å². The van der Waals surface area contributed by atoms with Crippen LogP contribution in [0, 0.1) is 5.82 Å². The lowest BCUT2D eigenvalue weighted by atomic mass is 10.3. The number of ether oxygens (including phenoxy) is 1. The molecule has 0 aliphatic carbocycles. The Balaban J connectivity index is 1.76. The molecular formula is C16H16ClFN2O2. The van der Waals surface area contributed by atoms with Crippen LogP contribution in [0.5, 0.6) is 5.75 Å². The van der Waals surface area contributed by atoms with Crippen LogP contribution in [0.3, 0.4) is 0 Å². The van der Waals surface area contributed by atoms with Crippen molar-refractivity contribution >= 4 is 23.3 Å². The number of anilines is 1. The highest BCUT2D eigenvalue weighted by molar-refractivity contribution is 6.30. The summed E-state index contributed by atoms with van der Waals surface area (Å²) in [5, 5.41) is 3.36. The molecule has 0 aliphatic rings. The molecule has 2 amide bonds. The van der Waals surface area contributed by atoms with Crippen LogP contribution in [0.15, 0.2) is 48.5 Å². The summed E-state index contributed by atoms with van der Waals surface area (Å²) >= 11 is 5.78. The Bertz CT molecular complexity index is 617. The molecule has 0 aliphatic heterocycles. The molecule has 4 nitrogen and oxygen atoms in total. The van der Waals surface area contributed by atoms with Gasteiger partial charge >= 0.3 is 6.03 Å². The third-order valence-electron chi connectivity index (χ3n) is 2.95. The summed E-state index contributed by atoms with van der Waals surface area (Å²) in [5.74, 6) is 0.250. The molecule has 0 saturated carbocycles. The summed E-state index contributed by atoms with van der Waals surface area (Å²) in [6, 6.07) is 12.4. The Morgan fingerprint density at radius 3 is 2.45 bits per heavy atom. The average molecular weight is 323 g/mol. The van der Waals surface area contributed by atoms with Gasteiger partial charge in [0.25, 0.3) is 0 Å². The van der Waals surface area contributed by atoms with Crippen LogP contribution in [0.25, 0.3) is 0 Å². The van der Waals surface area contributed by atoms with E-state index in [1.54, 1.807) is 43.4 Å². The lowest BCUT2D eigenvalue weighted by molar-refractivity contribution is 0.207. The van der Waals surface area contributed by atoms with Crippen molar-refractivity contribution in [2.75, 3.05) is 25.5 Å². The summed E-state index contributed by atoms with van der Waals surface area (Å²) in [6.45, 7) is 0.715. The van der Waals surface area contributed by atoms with Crippen molar-refractivity contribution in [1.82, 2.24) is 4.90 Å². The SMILES string of the molecule is CN(CCOc1ccc(F)cc1)C(=O)Nc1ccc(Cl)cc1. The summed E-state index contributed by atoms with van der Waals surface area (Å²) in [7, 11) is 1.67. The van der Waals surface area contributed by atoms with Crippen LogP contribution in [0.2, 0.25) is 5.02 Å². The van der Waals surface area contributed by atoms with Crippen LogP contribution in [-0.4, -0.2) is 31.1 Å². The molecule has 116 valence electrons. The number of likely N-dealkylation sites (N-methyl/N-ethyl adjacent to an activating group) is 1. The van der Waals surface area contributed by atoms with Gasteiger partial charge in [-0.2, -0.15) is 0 Å². The highest BCUT2D eigenvalue weighted by Crippen LogP contribution is 2.14. The summed E-state index contributed by atoms with van der Waals surface area (Å²) in [6.07, 6.45) is 0. The number of benzene rings is 2. The molecule has 0 saturated heterocycles. The van der Waals surface area contributed by atoms with E-state index in [-0.39, 0.29) is 11.8 Å². The number of hydrogen-bond donors (Lipinski definition) is 1. The van der Waals surface area contributed by atoms with Crippen molar-refractivity contribution in [2.24, 2.45) is 0 Å². The number of rotatable bonds is 5. The maximum Gasteiger partial charge on any atom is 0.321 e. The Hall–Kier alpha value is -2.27. The van der Waals surface area contributed by atoms with Gasteiger partial charge in [-0.15, -0.1) is 0 Å². The highest BCUT2D eigenvalue weighted by Gasteiger charge is 2.08. The average Bonchev–Trinajstić information content (AvgIpc) is 2.51. The second-order valence-electron chi connectivity index (χ2n) is 4.66. The molecule has 22 heavy (non-hydrogen) atoms. The van der Waals surface area contributed by atoms with E-state index in [4.69, 9.17) is 16.3 Å². The standard InChI is InChI=1S/C16H16ClFN2O2/c1-20(10-11-22-15-8-4-13(18)5-9-15)16(21)19-14-6-2-12(17)3-7-14/h2-9H,10-11H2,1H3,(H,19,21). The van der Waals surface area contributed by atoms with Crippen molar-refractivity contribution in [1.29, 1.82) is 0 Å². The lowest BCUT2D eigenvalue weighted by Gasteiger charge is -2.18. The van der Waals surface area contributed by atoms with E-state index in [1.165, 1.54) is 17.0 Å². The number of carbonyl (C=O) groups is 1. The van der Waals surface area contributed by atoms with Crippen LogP contribution < -0.4 is 10.1 Å². The molecule has 2 aromatic carbocycles. The molecule has 0 bridgehead atoms. The van der Waals surface area contributed by atoms with Crippen molar-refractivity contribution in [3.8, 4) is 5.75 Å². The quantitative estimate of drug-likeness (QED) is 0.903. The number of urea groups is 1. The first-order chi connectivity index (χ1) is 10.5. The van der Waals surface area contributed by atoms with Crippen LogP contribution in [-0.2, 0) is 0 Å². The fourth-order valence-electron chi connectivity index (χ4n) is 1.68. The largest absolute Gasteiger partial charge is 0.492 e. The van der Waals surface area contributed by atoms with E-state index in [2.05, 4.69) is 5.32 Å². The minimum absolute atomic E-state index is 0.245. The predicted octanol–water partition coefficient (Wildman–Crippen LogP) is 4.02. The summed E-state index contributed by atoms with van der Waals surface area (Å²) in [5.41, 5.74) is 0.667. The molecule has 0 atom stereocenters. The zero-order valence-electron chi connectivity index (χ0n) is 12.1. The molecule has 2 rings (SSSR count). The summed E-state index contributed by atoms with van der Waals surface area (Å²) in [4.78, 5) is 13.5. The first-order valence-electron chi connectivity index (χ1n) is 6.70. The van der Waals surface area contributed by atoms with Gasteiger partial charge in [0.05, 0.1) is 6.54 Å². The smallest absolute Gasteiger partial charge is 0.321 e. The zero-order chi connectivity index (χ0) is 15.9. The molecule has 0 unspecified atom stereocenters. The van der Waals surface area contributed by atoms with Gasteiger partial charge in [-0.1, -0.05) is 11.6 Å². The highest BCUT2D eigenvalue weighted by atomic mass is 35.5. The number of nitrogens with one attached hydrogen (secondary N) is 1. The van der Waals surface area contributed by atoms with Crippen LogP contribution in [0.4, 0.5) is 14.9 Å². The van der Waals surface area contributed by atoms with E-state index in [9.17, 15) is 9.18 Å². The van der Waals surface area contributed by atoms with E-state index in [1.807, 2.05) is 0 Å². The number of halogens is 2. The van der Waals surface area contributed by atoms with Crippen molar-refractivity contribution in [3.05, 3.63) is 59.4 Å². The zero-order valence-corrected chi connectivity index (χ0v) is 12.8. The van der Waals surface area contributed by atoms with Gasteiger partial charge in [0.1, 0.15) is 18.2 Å². The van der Waals surface area contributed by atoms with E-state index < -0.39 is 0 Å². The minimum atomic E-state index is -0.313. The molecule has 1 N–H and O–H groups in total. The molecule has 0 spiro atoms. The number of carbonyl (C=O) groups excluding carboxylic acids is 1. The van der Waals surface area contributed by atoms with Crippen LogP contribution in [0.1, 0.15) is 0 Å². The third-order valence-corrected chi connectivity index (χ3v) is 3.20. The maximum absolute atomic E-state index is 12.7. The first kappa shape index (κ1) is 16.1. The molecule has 0 heterocycles. The van der Waals surface area contributed by atoms with Crippen molar-refractivity contribution < 1.29 is 13.9 Å². The molecule has 0 radical (unpaired) electrons. The number of amides is 2. The van der Waals surface area contributed by atoms with E-state index in [0.717, 1.165) is 0 Å². The van der Waals surface area contributed by atoms with E-state index in [0.29, 0.717) is 29.6 Å². The number of nitrogens with zero attached hydrogens (tertiary/aromatic N) is 1. The monoisotopic (exact) mass is 322 g/mol. The van der Waals surface area contributed by atoms with Gasteiger partial charge in [0.2, 0.25) is 0 Å². The summed E-state index contributed by atoms with van der Waals surface area (Å²) < 4.78 is 18.2. The third kappa shape index (κ3) is 4.93. The predicted molar refractivity (Wildman–Crippen MR) is 85.0 cm³/mol. The molecular weight excluding hydrogens is 307 g/mol. The van der Waals surface area contributed by atoms with Gasteiger partial charge in [-0.25, -0.2) is 9.18 Å². The Morgan fingerprint density at radius 1 is 1.18 bits per heavy atom. The Morgan fingerprint density at radius 2 is 1.82 bits per heavy atom. The van der Waals surface area contributed by atoms with Gasteiger partial charge < -0.3 is 15.0 Å². The second kappa shape index (κ2) is 7.66. The fraction of sp³-hybridized carbons (Fsp3) is 0.188. The topological polar surface area (TPSA) is 41.6 Å². The number of hydrogen-bond acceptors (Lipinski definition) is 2. The van der Waals surface area contributed by atoms with Gasteiger partial charge in [-0.05, 0) is 48.5 Å².